The molecule has 2 atom stereocenters. The van der Waals surface area contributed by atoms with E-state index in [4.69, 9.17) is 15.2 Å². The first-order valence-electron chi connectivity index (χ1n) is 13.2. The quantitative estimate of drug-likeness (QED) is 0.320. The minimum Gasteiger partial charge on any atom is -0.385 e. The van der Waals surface area contributed by atoms with Crippen LogP contribution in [0.25, 0.3) is 10.8 Å². The lowest BCUT2D eigenvalue weighted by Crippen LogP contribution is -2.55. The molecule has 13 nitrogen and oxygen atoms in total. The third-order valence-corrected chi connectivity index (χ3v) is 7.16. The van der Waals surface area contributed by atoms with Crippen LogP contribution in [0, 0.1) is 0 Å². The highest BCUT2D eigenvalue weighted by molar-refractivity contribution is 6.05. The minimum absolute atomic E-state index is 0.0709. The number of anilines is 3. The average Bonchev–Trinajstić information content (AvgIpc) is 3.36. The molecule has 1 aromatic heterocycles. The number of rotatable bonds is 7. The standard InChI is InChI=1S/C28H32N6O7/c1-32(16-22(35)33-7-10-40-11-8-33)27(38)17-3-2-4-20(14-17)34-9-12-41-24(28(34)39)23(36)26(37)31-19-5-6-21-18(13-19)15-30-25(21)29/h2-6,13-15,23-24,30,36H,7-12,16,29H2,1H3,(H,31,37)/t23-,24-/m1/s1. The zero-order valence-electron chi connectivity index (χ0n) is 22.5. The first-order chi connectivity index (χ1) is 19.7. The molecule has 41 heavy (non-hydrogen) atoms. The van der Waals surface area contributed by atoms with Gasteiger partial charge in [-0.05, 0) is 36.4 Å². The number of aromatic amines is 1. The van der Waals surface area contributed by atoms with Crippen molar-refractivity contribution in [3.8, 4) is 0 Å². The second kappa shape index (κ2) is 12.0. The van der Waals surface area contributed by atoms with Crippen molar-refractivity contribution >= 4 is 51.6 Å². The van der Waals surface area contributed by atoms with Crippen LogP contribution in [-0.2, 0) is 23.9 Å². The van der Waals surface area contributed by atoms with Crippen LogP contribution in [0.4, 0.5) is 17.2 Å². The molecule has 3 aromatic rings. The molecule has 0 spiro atoms. The van der Waals surface area contributed by atoms with Crippen molar-refractivity contribution in [1.29, 1.82) is 0 Å². The number of amides is 4. The number of H-pyrrole nitrogens is 1. The molecule has 3 heterocycles. The number of carbonyl (C=O) groups excluding carboxylic acids is 4. The van der Waals surface area contributed by atoms with Gasteiger partial charge in [0.05, 0.1) is 26.4 Å². The maximum absolute atomic E-state index is 13.3. The lowest BCUT2D eigenvalue weighted by molar-refractivity contribution is -0.150. The fraction of sp³-hybridized carbons (Fsp3) is 0.357. The number of hydrogen-bond acceptors (Lipinski definition) is 8. The van der Waals surface area contributed by atoms with Gasteiger partial charge in [-0.1, -0.05) is 6.07 Å². The number of nitrogen functional groups attached to an aromatic ring is 1. The molecule has 2 fully saturated rings. The number of nitrogens with one attached hydrogen (secondary N) is 2. The second-order valence-electron chi connectivity index (χ2n) is 9.92. The number of nitrogens with zero attached hydrogens (tertiary/aromatic N) is 3. The Balaban J connectivity index is 1.24. The summed E-state index contributed by atoms with van der Waals surface area (Å²) in [6.07, 6.45) is -1.52. The molecule has 0 unspecified atom stereocenters. The van der Waals surface area contributed by atoms with Crippen molar-refractivity contribution in [2.75, 3.05) is 69.0 Å². The highest BCUT2D eigenvalue weighted by atomic mass is 16.5. The van der Waals surface area contributed by atoms with E-state index >= 15 is 0 Å². The van der Waals surface area contributed by atoms with E-state index in [0.29, 0.717) is 43.5 Å². The number of hydrogen-bond donors (Lipinski definition) is 4. The Morgan fingerprint density at radius 1 is 1.15 bits per heavy atom. The van der Waals surface area contributed by atoms with Crippen LogP contribution in [0.2, 0.25) is 0 Å². The Hall–Kier alpha value is -4.46. The van der Waals surface area contributed by atoms with E-state index in [0.717, 1.165) is 10.8 Å². The van der Waals surface area contributed by atoms with Gasteiger partial charge in [0, 0.05) is 60.6 Å². The van der Waals surface area contributed by atoms with Gasteiger partial charge in [0.2, 0.25) is 5.91 Å². The van der Waals surface area contributed by atoms with E-state index in [2.05, 4.69) is 10.3 Å². The number of morpholine rings is 2. The Labute approximate surface area is 235 Å². The second-order valence-corrected chi connectivity index (χ2v) is 9.92. The number of fused-ring (bicyclic) bond motifs is 1. The molecule has 2 aromatic carbocycles. The summed E-state index contributed by atoms with van der Waals surface area (Å²) in [6.45, 7) is 2.05. The Bertz CT molecular complexity index is 1470. The Morgan fingerprint density at radius 3 is 2.71 bits per heavy atom. The molecule has 0 bridgehead atoms. The summed E-state index contributed by atoms with van der Waals surface area (Å²) >= 11 is 0. The molecule has 2 saturated heterocycles. The number of aliphatic hydroxyl groups is 1. The summed E-state index contributed by atoms with van der Waals surface area (Å²) in [6, 6.07) is 11.5. The summed E-state index contributed by atoms with van der Waals surface area (Å²) in [5, 5.41) is 14.9. The van der Waals surface area contributed by atoms with Gasteiger partial charge < -0.3 is 45.3 Å². The van der Waals surface area contributed by atoms with Crippen molar-refractivity contribution in [1.82, 2.24) is 14.8 Å². The van der Waals surface area contributed by atoms with Crippen molar-refractivity contribution in [2.24, 2.45) is 0 Å². The maximum Gasteiger partial charge on any atom is 0.259 e. The van der Waals surface area contributed by atoms with Gasteiger partial charge in [0.1, 0.15) is 5.82 Å². The first kappa shape index (κ1) is 28.1. The Morgan fingerprint density at radius 2 is 1.93 bits per heavy atom. The van der Waals surface area contributed by atoms with Crippen LogP contribution in [0.3, 0.4) is 0 Å². The third kappa shape index (κ3) is 6.01. The summed E-state index contributed by atoms with van der Waals surface area (Å²) in [4.78, 5) is 59.1. The highest BCUT2D eigenvalue weighted by Gasteiger charge is 2.39. The lowest BCUT2D eigenvalue weighted by atomic mass is 10.1. The molecular formula is C28H32N6O7. The van der Waals surface area contributed by atoms with Gasteiger partial charge in [-0.25, -0.2) is 0 Å². The number of benzene rings is 2. The van der Waals surface area contributed by atoms with E-state index in [1.807, 2.05) is 0 Å². The number of ether oxygens (including phenoxy) is 2. The average molecular weight is 565 g/mol. The molecule has 2 aliphatic heterocycles. The van der Waals surface area contributed by atoms with Crippen molar-refractivity contribution in [3.05, 3.63) is 54.2 Å². The summed E-state index contributed by atoms with van der Waals surface area (Å²) in [5.41, 5.74) is 6.97. The molecule has 0 radical (unpaired) electrons. The molecule has 0 saturated carbocycles. The van der Waals surface area contributed by atoms with Gasteiger partial charge in [-0.15, -0.1) is 0 Å². The normalized spacial score (nSPS) is 18.3. The molecule has 5 rings (SSSR count). The number of aliphatic hydroxyl groups excluding tert-OH is 1. The van der Waals surface area contributed by atoms with E-state index in [1.54, 1.807) is 60.6 Å². The molecule has 13 heteroatoms. The number of nitrogens with two attached hydrogens (primary N) is 1. The van der Waals surface area contributed by atoms with Crippen LogP contribution in [0.15, 0.2) is 48.7 Å². The van der Waals surface area contributed by atoms with Crippen molar-refractivity contribution < 1.29 is 33.8 Å². The topological polar surface area (TPSA) is 171 Å². The minimum atomic E-state index is -1.78. The largest absolute Gasteiger partial charge is 0.385 e. The zero-order valence-corrected chi connectivity index (χ0v) is 22.5. The van der Waals surface area contributed by atoms with Crippen LogP contribution in [0.1, 0.15) is 10.4 Å². The molecule has 216 valence electrons. The van der Waals surface area contributed by atoms with Gasteiger partial charge >= 0.3 is 0 Å². The van der Waals surface area contributed by atoms with E-state index < -0.39 is 24.0 Å². The van der Waals surface area contributed by atoms with Gasteiger partial charge in [-0.2, -0.15) is 0 Å². The summed E-state index contributed by atoms with van der Waals surface area (Å²) in [7, 11) is 1.54. The highest BCUT2D eigenvalue weighted by Crippen LogP contribution is 2.25. The lowest BCUT2D eigenvalue weighted by Gasteiger charge is -2.34. The zero-order chi connectivity index (χ0) is 29.1. The number of aromatic nitrogens is 1. The van der Waals surface area contributed by atoms with Crippen LogP contribution >= 0.6 is 0 Å². The molecule has 2 aliphatic rings. The summed E-state index contributed by atoms with van der Waals surface area (Å²) in [5.74, 6) is -1.47. The number of likely N-dealkylation sites (N-methyl/N-ethyl adjacent to an activating group) is 1. The van der Waals surface area contributed by atoms with E-state index in [9.17, 15) is 24.3 Å². The summed E-state index contributed by atoms with van der Waals surface area (Å²) < 4.78 is 10.8. The fourth-order valence-corrected chi connectivity index (χ4v) is 4.90. The van der Waals surface area contributed by atoms with E-state index in [-0.39, 0.29) is 37.1 Å². The van der Waals surface area contributed by atoms with Gasteiger partial charge in [-0.3, -0.25) is 19.2 Å². The van der Waals surface area contributed by atoms with Crippen molar-refractivity contribution in [2.45, 2.75) is 12.2 Å². The Kier molecular flexibility index (Phi) is 8.19. The van der Waals surface area contributed by atoms with E-state index in [1.165, 1.54) is 9.80 Å². The molecule has 5 N–H and O–H groups in total. The first-order valence-corrected chi connectivity index (χ1v) is 13.2. The monoisotopic (exact) mass is 564 g/mol. The fourth-order valence-electron chi connectivity index (χ4n) is 4.90. The van der Waals surface area contributed by atoms with Crippen LogP contribution in [0.5, 0.6) is 0 Å². The smallest absolute Gasteiger partial charge is 0.259 e. The molecule has 0 aliphatic carbocycles. The van der Waals surface area contributed by atoms with Crippen LogP contribution < -0.4 is 16.0 Å². The molecular weight excluding hydrogens is 532 g/mol. The van der Waals surface area contributed by atoms with Gasteiger partial charge in [0.15, 0.2) is 12.2 Å². The number of carbonyl (C=O) groups is 4. The maximum atomic E-state index is 13.3. The molecule has 4 amide bonds. The van der Waals surface area contributed by atoms with Crippen molar-refractivity contribution in [3.63, 3.8) is 0 Å². The predicted octanol–water partition coefficient (Wildman–Crippen LogP) is 0.412. The predicted molar refractivity (Wildman–Crippen MR) is 150 cm³/mol. The third-order valence-electron chi connectivity index (χ3n) is 7.16. The SMILES string of the molecule is CN(CC(=O)N1CCOCC1)C(=O)c1cccc(N2CCO[C@H]([C@@H](O)C(=O)Nc3ccc4c(N)[nH]cc4c3)C2=O)c1. The van der Waals surface area contributed by atoms with Crippen LogP contribution in [-0.4, -0.2) is 109 Å². The van der Waals surface area contributed by atoms with Gasteiger partial charge in [0.25, 0.3) is 17.7 Å².